The molecule has 3 nitrogen and oxygen atoms in total. The van der Waals surface area contributed by atoms with Crippen LogP contribution in [0, 0.1) is 0 Å². The van der Waals surface area contributed by atoms with Crippen LogP contribution in [0.4, 0.5) is 0 Å². The molecule has 2 aliphatic carbocycles. The molecule has 0 radical (unpaired) electrons. The molecule has 0 aromatic heterocycles. The molecular weight excluding hydrogens is 274 g/mol. The largest absolute Gasteiger partial charge is 0.278 e. The van der Waals surface area contributed by atoms with Crippen LogP contribution in [0.3, 0.4) is 0 Å². The van der Waals surface area contributed by atoms with Crippen molar-refractivity contribution in [2.45, 2.75) is 44.6 Å². The minimum absolute atomic E-state index is 0.0416. The predicted molar refractivity (Wildman–Crippen MR) is 86.8 cm³/mol. The van der Waals surface area contributed by atoms with Crippen LogP contribution in [0.5, 0.6) is 0 Å². The second-order valence-corrected chi connectivity index (χ2v) is 6.36. The smallest absolute Gasteiger partial charge is 0.274 e. The summed E-state index contributed by atoms with van der Waals surface area (Å²) in [5.74, 6) is 0.0416. The lowest BCUT2D eigenvalue weighted by molar-refractivity contribution is -0.101. The summed E-state index contributed by atoms with van der Waals surface area (Å²) in [5, 5.41) is 3.82. The molecule has 4 rings (SSSR count). The lowest BCUT2D eigenvalue weighted by Crippen LogP contribution is -2.33. The van der Waals surface area contributed by atoms with E-state index in [0.29, 0.717) is 0 Å². The van der Waals surface area contributed by atoms with Crippen LogP contribution in [0.1, 0.15) is 47.2 Å². The van der Waals surface area contributed by atoms with Gasteiger partial charge in [-0.3, -0.25) is 9.63 Å². The number of fused-ring (bicyclic) bond motifs is 2. The summed E-state index contributed by atoms with van der Waals surface area (Å²) in [5.41, 5.74) is 3.47. The number of nitrogens with zero attached hydrogens (tertiary/aromatic N) is 1. The number of rotatable bonds is 3. The summed E-state index contributed by atoms with van der Waals surface area (Å²) in [6, 6.07) is 10.8. The highest BCUT2D eigenvalue weighted by molar-refractivity contribution is 6.08. The first-order chi connectivity index (χ1) is 10.8. The number of hydrogen-bond acceptors (Lipinski definition) is 2. The number of hydrogen-bond donors (Lipinski definition) is 0. The van der Waals surface area contributed by atoms with Crippen molar-refractivity contribution in [3.8, 4) is 0 Å². The number of aryl methyl sites for hydroxylation is 1. The Morgan fingerprint density at radius 1 is 1.18 bits per heavy atom. The zero-order valence-corrected chi connectivity index (χ0v) is 13.0. The Morgan fingerprint density at radius 3 is 2.73 bits per heavy atom. The third-order valence-electron chi connectivity index (χ3n) is 4.86. The Morgan fingerprint density at radius 2 is 1.95 bits per heavy atom. The molecule has 2 aliphatic rings. The van der Waals surface area contributed by atoms with Crippen LogP contribution in [0.2, 0.25) is 0 Å². The van der Waals surface area contributed by atoms with Crippen molar-refractivity contribution < 1.29 is 9.63 Å². The van der Waals surface area contributed by atoms with Gasteiger partial charge in [0.1, 0.15) is 0 Å². The number of hydroxylamine groups is 2. The van der Waals surface area contributed by atoms with Crippen LogP contribution in [0.25, 0.3) is 10.8 Å². The van der Waals surface area contributed by atoms with E-state index in [4.69, 9.17) is 4.84 Å². The molecule has 0 unspecified atom stereocenters. The maximum atomic E-state index is 13.1. The van der Waals surface area contributed by atoms with Gasteiger partial charge in [0.25, 0.3) is 5.91 Å². The summed E-state index contributed by atoms with van der Waals surface area (Å²) < 4.78 is 0. The Kier molecular flexibility index (Phi) is 3.38. The number of carbonyl (C=O) groups is 1. The lowest BCUT2D eigenvalue weighted by Gasteiger charge is -2.25. The van der Waals surface area contributed by atoms with Crippen LogP contribution in [-0.2, 0) is 17.7 Å². The summed E-state index contributed by atoms with van der Waals surface area (Å²) in [4.78, 5) is 18.6. The van der Waals surface area contributed by atoms with Gasteiger partial charge in [-0.15, -0.1) is 0 Å². The molecule has 0 bridgehead atoms. The number of benzene rings is 2. The minimum Gasteiger partial charge on any atom is -0.274 e. The van der Waals surface area contributed by atoms with Gasteiger partial charge in [-0.25, -0.2) is 5.06 Å². The second-order valence-electron chi connectivity index (χ2n) is 6.36. The molecule has 114 valence electrons. The van der Waals surface area contributed by atoms with Gasteiger partial charge in [0.05, 0.1) is 18.7 Å². The van der Waals surface area contributed by atoms with Gasteiger partial charge in [-0.05, 0) is 60.4 Å². The van der Waals surface area contributed by atoms with Gasteiger partial charge in [0.15, 0.2) is 0 Å². The lowest BCUT2D eigenvalue weighted by atomic mass is 9.84. The summed E-state index contributed by atoms with van der Waals surface area (Å²) in [7, 11) is 1.60. The van der Waals surface area contributed by atoms with Gasteiger partial charge in [0.2, 0.25) is 0 Å². The monoisotopic (exact) mass is 295 g/mol. The average Bonchev–Trinajstić information content (AvgIpc) is 3.38. The van der Waals surface area contributed by atoms with Crippen molar-refractivity contribution in [1.29, 1.82) is 0 Å². The highest BCUT2D eigenvalue weighted by Crippen LogP contribution is 2.35. The molecule has 1 fully saturated rings. The van der Waals surface area contributed by atoms with Gasteiger partial charge >= 0.3 is 0 Å². The van der Waals surface area contributed by atoms with Gasteiger partial charge in [0, 0.05) is 0 Å². The fraction of sp³-hybridized carbons (Fsp3) is 0.421. The molecule has 0 atom stereocenters. The highest BCUT2D eigenvalue weighted by atomic mass is 16.7. The van der Waals surface area contributed by atoms with Crippen molar-refractivity contribution >= 4 is 16.7 Å². The molecule has 1 saturated carbocycles. The maximum Gasteiger partial charge on any atom is 0.278 e. The van der Waals surface area contributed by atoms with Crippen LogP contribution < -0.4 is 0 Å². The summed E-state index contributed by atoms with van der Waals surface area (Å²) in [6.07, 6.45) is 6.57. The first-order valence-corrected chi connectivity index (χ1v) is 8.21. The zero-order chi connectivity index (χ0) is 15.1. The Balaban J connectivity index is 1.92. The molecule has 0 saturated heterocycles. The van der Waals surface area contributed by atoms with Crippen molar-refractivity contribution in [2.24, 2.45) is 0 Å². The number of carbonyl (C=O) groups excluding carboxylic acids is 1. The summed E-state index contributed by atoms with van der Waals surface area (Å²) >= 11 is 0. The molecule has 22 heavy (non-hydrogen) atoms. The maximum absolute atomic E-state index is 13.1. The van der Waals surface area contributed by atoms with E-state index in [1.54, 1.807) is 12.2 Å². The van der Waals surface area contributed by atoms with Gasteiger partial charge < -0.3 is 0 Å². The first kappa shape index (κ1) is 13.8. The van der Waals surface area contributed by atoms with E-state index in [9.17, 15) is 4.79 Å². The van der Waals surface area contributed by atoms with E-state index in [0.717, 1.165) is 36.6 Å². The van der Waals surface area contributed by atoms with E-state index >= 15 is 0 Å². The average molecular weight is 295 g/mol. The quantitative estimate of drug-likeness (QED) is 0.804. The molecular formula is C19H21NO2. The number of amides is 1. The Labute approximate surface area is 130 Å². The van der Waals surface area contributed by atoms with E-state index in [1.807, 2.05) is 12.1 Å². The predicted octanol–water partition coefficient (Wildman–Crippen LogP) is 3.88. The van der Waals surface area contributed by atoms with Gasteiger partial charge in [-0.1, -0.05) is 30.3 Å². The van der Waals surface area contributed by atoms with Gasteiger partial charge in [-0.2, -0.15) is 0 Å². The van der Waals surface area contributed by atoms with E-state index in [2.05, 4.69) is 18.2 Å². The van der Waals surface area contributed by atoms with Crippen LogP contribution in [0.15, 0.2) is 30.3 Å². The molecule has 2 aromatic carbocycles. The molecule has 2 aromatic rings. The molecule has 0 aliphatic heterocycles. The van der Waals surface area contributed by atoms with Crippen molar-refractivity contribution in [3.63, 3.8) is 0 Å². The Hall–Kier alpha value is -1.87. The van der Waals surface area contributed by atoms with Crippen LogP contribution in [-0.4, -0.2) is 24.1 Å². The summed E-state index contributed by atoms with van der Waals surface area (Å²) in [6.45, 7) is 0. The third kappa shape index (κ3) is 2.20. The fourth-order valence-electron chi connectivity index (χ4n) is 3.64. The minimum atomic E-state index is 0.0416. The molecule has 3 heteroatoms. The standard InChI is InChI=1S/C19H21NO2/c1-22-20(15-10-11-15)19(21)18-16-8-4-2-6-13(16)12-14-7-3-5-9-17(14)18/h2,4,6,8,12,15H,3,5,7,9-11H2,1H3. The van der Waals surface area contributed by atoms with E-state index in [1.165, 1.54) is 29.4 Å². The molecule has 0 heterocycles. The highest BCUT2D eigenvalue weighted by Gasteiger charge is 2.35. The Bertz CT molecular complexity index is 734. The second kappa shape index (κ2) is 5.40. The molecule has 0 N–H and O–H groups in total. The molecule has 0 spiro atoms. The zero-order valence-electron chi connectivity index (χ0n) is 13.0. The SMILES string of the molecule is CON(C(=O)c1c2c(cc3ccccc13)CCCC2)C1CC1. The third-order valence-corrected chi connectivity index (χ3v) is 4.86. The normalized spacial score (nSPS) is 17.3. The van der Waals surface area contributed by atoms with Crippen molar-refractivity contribution in [1.82, 2.24) is 5.06 Å². The van der Waals surface area contributed by atoms with Crippen molar-refractivity contribution in [3.05, 3.63) is 47.0 Å². The van der Waals surface area contributed by atoms with E-state index < -0.39 is 0 Å². The van der Waals surface area contributed by atoms with Crippen molar-refractivity contribution in [2.75, 3.05) is 7.11 Å². The fourth-order valence-corrected chi connectivity index (χ4v) is 3.64. The van der Waals surface area contributed by atoms with E-state index in [-0.39, 0.29) is 11.9 Å². The topological polar surface area (TPSA) is 29.5 Å². The van der Waals surface area contributed by atoms with Crippen LogP contribution >= 0.6 is 0 Å². The molecule has 1 amide bonds. The first-order valence-electron chi connectivity index (χ1n) is 8.21.